The van der Waals surface area contributed by atoms with E-state index in [1.807, 2.05) is 25.2 Å². The molecule has 0 aliphatic heterocycles. The Morgan fingerprint density at radius 1 is 1.43 bits per heavy atom. The lowest BCUT2D eigenvalue weighted by atomic mass is 10.2. The molecule has 1 aromatic carbocycles. The fourth-order valence-corrected chi connectivity index (χ4v) is 1.36. The molecule has 3 nitrogen and oxygen atoms in total. The van der Waals surface area contributed by atoms with Gasteiger partial charge in [0.05, 0.1) is 7.11 Å². The van der Waals surface area contributed by atoms with Crippen LogP contribution in [0.2, 0.25) is 5.02 Å². The molecule has 0 aromatic heterocycles. The molecule has 14 heavy (non-hydrogen) atoms. The van der Waals surface area contributed by atoms with Crippen LogP contribution in [0.1, 0.15) is 5.56 Å². The second-order valence-electron chi connectivity index (χ2n) is 2.91. The summed E-state index contributed by atoms with van der Waals surface area (Å²) in [6, 6.07) is 5.68. The van der Waals surface area contributed by atoms with E-state index in [1.54, 1.807) is 7.11 Å². The lowest BCUT2D eigenvalue weighted by molar-refractivity contribution is 0.414. The van der Waals surface area contributed by atoms with E-state index in [0.29, 0.717) is 0 Å². The van der Waals surface area contributed by atoms with Gasteiger partial charge in [0.25, 0.3) is 0 Å². The number of hydrogen-bond donors (Lipinski definition) is 2. The lowest BCUT2D eigenvalue weighted by Crippen LogP contribution is -2.25. The number of hydrogen-bond acceptors (Lipinski definition) is 3. The molecule has 0 bridgehead atoms. The van der Waals surface area contributed by atoms with Gasteiger partial charge in [-0.25, -0.2) is 0 Å². The molecule has 0 spiro atoms. The Kier molecular flexibility index (Phi) is 4.73. The molecule has 0 fully saturated rings. The number of ether oxygens (including phenoxy) is 1. The molecule has 4 heteroatoms. The summed E-state index contributed by atoms with van der Waals surface area (Å²) in [7, 11) is 3.52. The standard InChI is InChI=1S/C10H15ClN2O/c1-12-7-13-6-8-3-4-9(14-2)5-10(8)11/h3-5,12-13H,6-7H2,1-2H3. The lowest BCUT2D eigenvalue weighted by Gasteiger charge is -2.07. The van der Waals surface area contributed by atoms with Crippen molar-refractivity contribution in [2.45, 2.75) is 6.54 Å². The van der Waals surface area contributed by atoms with Crippen LogP contribution in [0.25, 0.3) is 0 Å². The van der Waals surface area contributed by atoms with Crippen LogP contribution in [0.4, 0.5) is 0 Å². The fraction of sp³-hybridized carbons (Fsp3) is 0.400. The van der Waals surface area contributed by atoms with E-state index in [4.69, 9.17) is 16.3 Å². The highest BCUT2D eigenvalue weighted by Crippen LogP contribution is 2.21. The van der Waals surface area contributed by atoms with Gasteiger partial charge in [0.2, 0.25) is 0 Å². The van der Waals surface area contributed by atoms with Crippen LogP contribution in [0, 0.1) is 0 Å². The normalized spacial score (nSPS) is 10.2. The van der Waals surface area contributed by atoms with Crippen molar-refractivity contribution in [1.29, 1.82) is 0 Å². The van der Waals surface area contributed by atoms with Crippen molar-refractivity contribution >= 4 is 11.6 Å². The van der Waals surface area contributed by atoms with Gasteiger partial charge in [0, 0.05) is 18.2 Å². The number of methoxy groups -OCH3 is 1. The van der Waals surface area contributed by atoms with Crippen LogP contribution >= 0.6 is 11.6 Å². The van der Waals surface area contributed by atoms with E-state index in [-0.39, 0.29) is 0 Å². The van der Waals surface area contributed by atoms with Crippen molar-refractivity contribution in [2.24, 2.45) is 0 Å². The maximum absolute atomic E-state index is 6.05. The first kappa shape index (κ1) is 11.3. The molecule has 0 aliphatic carbocycles. The minimum Gasteiger partial charge on any atom is -0.497 e. The van der Waals surface area contributed by atoms with Crippen molar-refractivity contribution < 1.29 is 4.74 Å². The van der Waals surface area contributed by atoms with Gasteiger partial charge in [0.15, 0.2) is 0 Å². The van der Waals surface area contributed by atoms with Gasteiger partial charge >= 0.3 is 0 Å². The van der Waals surface area contributed by atoms with Gasteiger partial charge in [0.1, 0.15) is 5.75 Å². The first-order valence-electron chi connectivity index (χ1n) is 4.45. The zero-order valence-corrected chi connectivity index (χ0v) is 9.19. The third-order valence-corrected chi connectivity index (χ3v) is 2.23. The molecule has 0 saturated heterocycles. The molecule has 1 rings (SSSR count). The van der Waals surface area contributed by atoms with E-state index in [9.17, 15) is 0 Å². The van der Waals surface area contributed by atoms with Gasteiger partial charge in [-0.15, -0.1) is 0 Å². The minimum atomic E-state index is 0.730. The second-order valence-corrected chi connectivity index (χ2v) is 3.32. The first-order valence-corrected chi connectivity index (χ1v) is 4.83. The summed E-state index contributed by atoms with van der Waals surface area (Å²) < 4.78 is 5.06. The molecular formula is C10H15ClN2O. The van der Waals surface area contributed by atoms with E-state index in [0.717, 1.165) is 29.5 Å². The number of benzene rings is 1. The molecule has 1 aromatic rings. The van der Waals surface area contributed by atoms with Crippen molar-refractivity contribution in [2.75, 3.05) is 20.8 Å². The molecule has 0 unspecified atom stereocenters. The predicted octanol–water partition coefficient (Wildman–Crippen LogP) is 1.62. The average Bonchev–Trinajstić information content (AvgIpc) is 2.20. The summed E-state index contributed by atoms with van der Waals surface area (Å²) in [4.78, 5) is 0. The highest BCUT2D eigenvalue weighted by Gasteiger charge is 2.00. The van der Waals surface area contributed by atoms with Gasteiger partial charge in [-0.05, 0) is 24.7 Å². The van der Waals surface area contributed by atoms with Crippen LogP contribution in [0.15, 0.2) is 18.2 Å². The number of halogens is 1. The first-order chi connectivity index (χ1) is 6.77. The molecule has 2 N–H and O–H groups in total. The van der Waals surface area contributed by atoms with Crippen molar-refractivity contribution in [1.82, 2.24) is 10.6 Å². The van der Waals surface area contributed by atoms with E-state index < -0.39 is 0 Å². The average molecular weight is 215 g/mol. The molecule has 78 valence electrons. The van der Waals surface area contributed by atoms with Gasteiger partial charge in [-0.2, -0.15) is 0 Å². The SMILES string of the molecule is CNCNCc1ccc(OC)cc1Cl. The maximum Gasteiger partial charge on any atom is 0.120 e. The smallest absolute Gasteiger partial charge is 0.120 e. The summed E-state index contributed by atoms with van der Waals surface area (Å²) in [5.41, 5.74) is 1.07. The van der Waals surface area contributed by atoms with Crippen LogP contribution in [0.5, 0.6) is 5.75 Å². The van der Waals surface area contributed by atoms with Crippen LogP contribution in [-0.4, -0.2) is 20.8 Å². The van der Waals surface area contributed by atoms with E-state index in [1.165, 1.54) is 0 Å². The summed E-state index contributed by atoms with van der Waals surface area (Å²) in [6.07, 6.45) is 0. The fourth-order valence-electron chi connectivity index (χ4n) is 1.12. The highest BCUT2D eigenvalue weighted by atomic mass is 35.5. The Balaban J connectivity index is 2.59. The monoisotopic (exact) mass is 214 g/mol. The Hall–Kier alpha value is -0.770. The molecule has 0 radical (unpaired) electrons. The van der Waals surface area contributed by atoms with Gasteiger partial charge in [-0.3, -0.25) is 0 Å². The van der Waals surface area contributed by atoms with Gasteiger partial charge in [-0.1, -0.05) is 17.7 Å². The highest BCUT2D eigenvalue weighted by molar-refractivity contribution is 6.31. The second kappa shape index (κ2) is 5.86. The van der Waals surface area contributed by atoms with E-state index >= 15 is 0 Å². The summed E-state index contributed by atoms with van der Waals surface area (Å²) in [5.74, 6) is 0.785. The topological polar surface area (TPSA) is 33.3 Å². The van der Waals surface area contributed by atoms with Crippen LogP contribution < -0.4 is 15.4 Å². The van der Waals surface area contributed by atoms with E-state index in [2.05, 4.69) is 10.6 Å². The third kappa shape index (κ3) is 3.18. The number of rotatable bonds is 5. The van der Waals surface area contributed by atoms with Crippen molar-refractivity contribution in [3.63, 3.8) is 0 Å². The quantitative estimate of drug-likeness (QED) is 0.577. The van der Waals surface area contributed by atoms with Crippen molar-refractivity contribution in [3.05, 3.63) is 28.8 Å². The third-order valence-electron chi connectivity index (χ3n) is 1.88. The van der Waals surface area contributed by atoms with Crippen molar-refractivity contribution in [3.8, 4) is 5.75 Å². The largest absolute Gasteiger partial charge is 0.497 e. The molecule has 0 saturated carbocycles. The Labute approximate surface area is 89.4 Å². The molecule has 0 heterocycles. The molecule has 0 atom stereocenters. The van der Waals surface area contributed by atoms with Crippen LogP contribution in [-0.2, 0) is 6.54 Å². The molecular weight excluding hydrogens is 200 g/mol. The Bertz CT molecular complexity index is 291. The number of nitrogens with one attached hydrogen (secondary N) is 2. The predicted molar refractivity (Wildman–Crippen MR) is 58.8 cm³/mol. The van der Waals surface area contributed by atoms with Crippen LogP contribution in [0.3, 0.4) is 0 Å². The Morgan fingerprint density at radius 3 is 2.79 bits per heavy atom. The zero-order chi connectivity index (χ0) is 10.4. The molecule has 0 aliphatic rings. The Morgan fingerprint density at radius 2 is 2.21 bits per heavy atom. The maximum atomic E-state index is 6.05. The summed E-state index contributed by atoms with van der Waals surface area (Å²) in [6.45, 7) is 1.52. The minimum absolute atomic E-state index is 0.730. The summed E-state index contributed by atoms with van der Waals surface area (Å²) in [5, 5.41) is 6.92. The summed E-state index contributed by atoms with van der Waals surface area (Å²) >= 11 is 6.05. The molecule has 0 amide bonds. The van der Waals surface area contributed by atoms with Gasteiger partial charge < -0.3 is 15.4 Å². The zero-order valence-electron chi connectivity index (χ0n) is 8.43.